The molecule has 0 spiro atoms. The van der Waals surface area contributed by atoms with Crippen LogP contribution in [0.3, 0.4) is 0 Å². The molecule has 0 bridgehead atoms. The van der Waals surface area contributed by atoms with Crippen molar-refractivity contribution in [2.75, 3.05) is 11.1 Å². The quantitative estimate of drug-likeness (QED) is 0.779. The molecule has 3 N–H and O–H groups in total. The summed E-state index contributed by atoms with van der Waals surface area (Å²) in [7, 11) is 0. The van der Waals surface area contributed by atoms with Gasteiger partial charge in [-0.2, -0.15) is 0 Å². The molecule has 6 heteroatoms. The molecule has 0 radical (unpaired) electrons. The molecule has 1 saturated carbocycles. The number of hydrogen-bond donors (Lipinski definition) is 2. The fraction of sp³-hybridized carbons (Fsp3) is 0.200. The van der Waals surface area contributed by atoms with E-state index in [-0.39, 0.29) is 5.91 Å². The number of nitrogens with two attached hydrogens (primary N) is 1. The lowest BCUT2D eigenvalue weighted by molar-refractivity contribution is 0.101. The molecule has 21 heavy (non-hydrogen) atoms. The van der Waals surface area contributed by atoms with Gasteiger partial charge in [0.1, 0.15) is 5.69 Å². The van der Waals surface area contributed by atoms with Gasteiger partial charge in [0, 0.05) is 12.2 Å². The summed E-state index contributed by atoms with van der Waals surface area (Å²) in [5.41, 5.74) is 7.95. The van der Waals surface area contributed by atoms with Crippen LogP contribution in [0.5, 0.6) is 0 Å². The van der Waals surface area contributed by atoms with Crippen LogP contribution in [0.15, 0.2) is 36.5 Å². The Morgan fingerprint density at radius 3 is 2.95 bits per heavy atom. The fourth-order valence-electron chi connectivity index (χ4n) is 2.42. The summed E-state index contributed by atoms with van der Waals surface area (Å²) < 4.78 is 3.03. The summed E-state index contributed by atoms with van der Waals surface area (Å²) in [4.78, 5) is 16.9. The van der Waals surface area contributed by atoms with E-state index in [4.69, 9.17) is 5.73 Å². The maximum atomic E-state index is 12.4. The van der Waals surface area contributed by atoms with Gasteiger partial charge in [0.2, 0.25) is 0 Å². The number of fused-ring (bicyclic) bond motifs is 1. The van der Waals surface area contributed by atoms with Gasteiger partial charge in [-0.25, -0.2) is 4.98 Å². The zero-order valence-corrected chi connectivity index (χ0v) is 12.1. The van der Waals surface area contributed by atoms with Crippen molar-refractivity contribution < 1.29 is 4.79 Å². The van der Waals surface area contributed by atoms with Crippen molar-refractivity contribution in [2.24, 2.45) is 0 Å². The predicted octanol–water partition coefficient (Wildman–Crippen LogP) is 3.27. The highest BCUT2D eigenvalue weighted by atomic mass is 32.1. The van der Waals surface area contributed by atoms with Crippen molar-refractivity contribution in [2.45, 2.75) is 18.9 Å². The summed E-state index contributed by atoms with van der Waals surface area (Å²) in [6.45, 7) is 0. The van der Waals surface area contributed by atoms with E-state index in [0.29, 0.717) is 22.6 Å². The molecule has 5 nitrogen and oxygen atoms in total. The van der Waals surface area contributed by atoms with Gasteiger partial charge in [0.15, 0.2) is 5.13 Å². The Hall–Kier alpha value is -2.34. The number of nitrogens with one attached hydrogen (secondary N) is 1. The summed E-state index contributed by atoms with van der Waals surface area (Å²) in [5, 5.41) is 3.49. The van der Waals surface area contributed by atoms with Crippen molar-refractivity contribution in [1.82, 2.24) is 9.55 Å². The molecule has 2 aromatic heterocycles. The van der Waals surface area contributed by atoms with Crippen LogP contribution >= 0.6 is 11.3 Å². The van der Waals surface area contributed by atoms with Crippen molar-refractivity contribution >= 4 is 38.3 Å². The van der Waals surface area contributed by atoms with E-state index in [9.17, 15) is 4.79 Å². The molecule has 106 valence electrons. The van der Waals surface area contributed by atoms with E-state index in [0.717, 1.165) is 23.1 Å². The smallest absolute Gasteiger partial charge is 0.274 e. The number of para-hydroxylation sites is 1. The molecule has 1 amide bonds. The number of thiazole rings is 1. The normalized spacial score (nSPS) is 14.5. The SMILES string of the molecule is Nc1cc(C(=O)Nc2nc3ccccc3s2)n(C2CC2)c1. The van der Waals surface area contributed by atoms with Crippen LogP contribution in [-0.2, 0) is 0 Å². The Kier molecular flexibility index (Phi) is 2.71. The van der Waals surface area contributed by atoms with Crippen LogP contribution in [-0.4, -0.2) is 15.5 Å². The number of carbonyl (C=O) groups is 1. The number of hydrogen-bond acceptors (Lipinski definition) is 4. The van der Waals surface area contributed by atoms with Crippen LogP contribution in [0.4, 0.5) is 10.8 Å². The Bertz CT molecular complexity index is 798. The van der Waals surface area contributed by atoms with Gasteiger partial charge in [0.25, 0.3) is 5.91 Å². The van der Waals surface area contributed by atoms with Crippen molar-refractivity contribution in [1.29, 1.82) is 0 Å². The van der Waals surface area contributed by atoms with Crippen molar-refractivity contribution in [3.05, 3.63) is 42.2 Å². The number of carbonyl (C=O) groups excluding carboxylic acids is 1. The number of rotatable bonds is 3. The molecule has 2 heterocycles. The minimum absolute atomic E-state index is 0.155. The highest BCUT2D eigenvalue weighted by molar-refractivity contribution is 7.22. The highest BCUT2D eigenvalue weighted by Gasteiger charge is 2.28. The molecular weight excluding hydrogens is 284 g/mol. The second kappa shape index (κ2) is 4.60. The third-order valence-electron chi connectivity index (χ3n) is 3.56. The molecule has 0 saturated heterocycles. The largest absolute Gasteiger partial charge is 0.397 e. The number of anilines is 2. The number of benzene rings is 1. The third kappa shape index (κ3) is 2.27. The van der Waals surface area contributed by atoms with Gasteiger partial charge < -0.3 is 10.3 Å². The average Bonchev–Trinajstić information content (AvgIpc) is 3.11. The molecular formula is C15H14N4OS. The van der Waals surface area contributed by atoms with Crippen molar-refractivity contribution in [3.63, 3.8) is 0 Å². The molecule has 3 aromatic rings. The zero-order chi connectivity index (χ0) is 14.4. The van der Waals surface area contributed by atoms with Crippen LogP contribution in [0, 0.1) is 0 Å². The fourth-order valence-corrected chi connectivity index (χ4v) is 3.29. The molecule has 4 rings (SSSR count). The molecule has 1 aliphatic rings. The van der Waals surface area contributed by atoms with E-state index in [1.807, 2.05) is 35.0 Å². The van der Waals surface area contributed by atoms with E-state index in [1.165, 1.54) is 11.3 Å². The van der Waals surface area contributed by atoms with E-state index in [1.54, 1.807) is 6.07 Å². The monoisotopic (exact) mass is 298 g/mol. The summed E-state index contributed by atoms with van der Waals surface area (Å²) in [6.07, 6.45) is 4.05. The Morgan fingerprint density at radius 1 is 1.38 bits per heavy atom. The van der Waals surface area contributed by atoms with Crippen LogP contribution < -0.4 is 11.1 Å². The van der Waals surface area contributed by atoms with Crippen LogP contribution in [0.2, 0.25) is 0 Å². The summed E-state index contributed by atoms with van der Waals surface area (Å²) in [5.74, 6) is -0.155. The lowest BCUT2D eigenvalue weighted by Crippen LogP contribution is -2.16. The summed E-state index contributed by atoms with van der Waals surface area (Å²) >= 11 is 1.47. The van der Waals surface area contributed by atoms with E-state index in [2.05, 4.69) is 10.3 Å². The minimum atomic E-state index is -0.155. The topological polar surface area (TPSA) is 72.9 Å². The number of aromatic nitrogens is 2. The van der Waals surface area contributed by atoms with E-state index < -0.39 is 0 Å². The second-order valence-corrected chi connectivity index (χ2v) is 6.27. The van der Waals surface area contributed by atoms with Gasteiger partial charge in [-0.05, 0) is 31.0 Å². The summed E-state index contributed by atoms with van der Waals surface area (Å²) in [6, 6.07) is 9.97. The lowest BCUT2D eigenvalue weighted by Gasteiger charge is -2.06. The predicted molar refractivity (Wildman–Crippen MR) is 84.7 cm³/mol. The first kappa shape index (κ1) is 12.4. The van der Waals surface area contributed by atoms with Crippen LogP contribution in [0.1, 0.15) is 29.4 Å². The maximum Gasteiger partial charge on any atom is 0.274 e. The Morgan fingerprint density at radius 2 is 2.19 bits per heavy atom. The van der Waals surface area contributed by atoms with Gasteiger partial charge >= 0.3 is 0 Å². The minimum Gasteiger partial charge on any atom is -0.397 e. The molecule has 0 atom stereocenters. The zero-order valence-electron chi connectivity index (χ0n) is 11.2. The van der Waals surface area contributed by atoms with Crippen molar-refractivity contribution in [3.8, 4) is 0 Å². The molecule has 0 unspecified atom stereocenters. The molecule has 1 aliphatic carbocycles. The van der Waals surface area contributed by atoms with Gasteiger partial charge in [-0.1, -0.05) is 23.5 Å². The lowest BCUT2D eigenvalue weighted by atomic mass is 10.3. The van der Waals surface area contributed by atoms with Gasteiger partial charge in [-0.3, -0.25) is 10.1 Å². The Labute approximate surface area is 125 Å². The number of amides is 1. The van der Waals surface area contributed by atoms with Gasteiger partial charge in [-0.15, -0.1) is 0 Å². The number of nitrogens with zero attached hydrogens (tertiary/aromatic N) is 2. The first-order valence-corrected chi connectivity index (χ1v) is 7.66. The standard InChI is InChI=1S/C15H14N4OS/c16-9-7-12(19(8-9)10-5-6-10)14(20)18-15-17-11-3-1-2-4-13(11)21-15/h1-4,7-8,10H,5-6,16H2,(H,17,18,20). The molecule has 1 aromatic carbocycles. The molecule has 1 fully saturated rings. The second-order valence-electron chi connectivity index (χ2n) is 5.24. The third-order valence-corrected chi connectivity index (χ3v) is 4.51. The van der Waals surface area contributed by atoms with E-state index >= 15 is 0 Å². The molecule has 0 aliphatic heterocycles. The maximum absolute atomic E-state index is 12.4. The Balaban J connectivity index is 1.63. The average molecular weight is 298 g/mol. The van der Waals surface area contributed by atoms with Gasteiger partial charge in [0.05, 0.1) is 15.9 Å². The van der Waals surface area contributed by atoms with Crippen LogP contribution in [0.25, 0.3) is 10.2 Å². The number of nitrogen functional groups attached to an aromatic ring is 1. The first-order valence-electron chi connectivity index (χ1n) is 6.85. The first-order chi connectivity index (χ1) is 10.2. The highest BCUT2D eigenvalue weighted by Crippen LogP contribution is 2.37.